The van der Waals surface area contributed by atoms with Gasteiger partial charge in [0.1, 0.15) is 0 Å². The number of hydrogen-bond donors (Lipinski definition) is 0. The molecule has 4 heterocycles. The number of ether oxygens (including phenoxy) is 1. The van der Waals surface area contributed by atoms with Gasteiger partial charge in [-0.25, -0.2) is 4.21 Å². The zero-order valence-electron chi connectivity index (χ0n) is 16.9. The van der Waals surface area contributed by atoms with Crippen LogP contribution in [0.15, 0.2) is 33.6 Å². The summed E-state index contributed by atoms with van der Waals surface area (Å²) in [6.07, 6.45) is 2.90. The summed E-state index contributed by atoms with van der Waals surface area (Å²) in [5, 5.41) is 0. The third kappa shape index (κ3) is 3.85. The van der Waals surface area contributed by atoms with Gasteiger partial charge in [0.15, 0.2) is 0 Å². The number of rotatable bonds is 4. The first kappa shape index (κ1) is 19.9. The number of pyridine rings is 1. The molecule has 8 nitrogen and oxygen atoms in total. The third-order valence-electron chi connectivity index (χ3n) is 6.93. The molecule has 5 atom stereocenters. The van der Waals surface area contributed by atoms with E-state index in [0.717, 1.165) is 6.42 Å². The lowest BCUT2D eigenvalue weighted by Gasteiger charge is -2.42. The second kappa shape index (κ2) is 7.60. The molecule has 30 heavy (non-hydrogen) atoms. The second-order valence-electron chi connectivity index (χ2n) is 9.18. The van der Waals surface area contributed by atoms with E-state index in [4.69, 9.17) is 4.74 Å². The van der Waals surface area contributed by atoms with E-state index in [0.29, 0.717) is 44.4 Å². The molecule has 3 saturated heterocycles. The van der Waals surface area contributed by atoms with Crippen molar-refractivity contribution >= 4 is 21.5 Å². The number of amides is 2. The summed E-state index contributed by atoms with van der Waals surface area (Å²) in [6.45, 7) is 2.72. The maximum Gasteiger partial charge on any atom is 0.257 e. The molecule has 1 aliphatic carbocycles. The maximum absolute atomic E-state index is 13.3. The second-order valence-corrected chi connectivity index (χ2v) is 11.6. The van der Waals surface area contributed by atoms with Gasteiger partial charge < -0.3 is 14.2 Å². The minimum absolute atomic E-state index is 0.0210. The van der Waals surface area contributed by atoms with Gasteiger partial charge in [0.05, 0.1) is 28.9 Å². The number of fused-ring (bicyclic) bond motifs is 3. The Bertz CT molecular complexity index is 1010. The van der Waals surface area contributed by atoms with Crippen LogP contribution in [0.2, 0.25) is 0 Å². The maximum atomic E-state index is 13.3. The fourth-order valence-corrected chi connectivity index (χ4v) is 8.18. The quantitative estimate of drug-likeness (QED) is 0.693. The molecule has 4 fully saturated rings. The summed E-state index contributed by atoms with van der Waals surface area (Å²) in [5.74, 6) is 1.32. The van der Waals surface area contributed by atoms with Crippen LogP contribution in [0.5, 0.6) is 0 Å². The predicted octanol–water partition coefficient (Wildman–Crippen LogP) is 0.604. The molecule has 4 aliphatic rings. The summed E-state index contributed by atoms with van der Waals surface area (Å²) in [7, 11) is -2.54. The number of carbonyl (C=O) groups excluding carboxylic acids is 2. The van der Waals surface area contributed by atoms with Gasteiger partial charge in [0.2, 0.25) is 5.91 Å². The van der Waals surface area contributed by atoms with Crippen molar-refractivity contribution in [2.75, 3.05) is 37.8 Å². The number of piperidine rings is 1. The lowest BCUT2D eigenvalue weighted by atomic mass is 9.91. The Balaban J connectivity index is 1.20. The van der Waals surface area contributed by atoms with Gasteiger partial charge in [-0.2, -0.15) is 4.36 Å². The molecule has 1 aromatic heterocycles. The standard InChI is InChI=1S/C21H27N3O5S/c25-18-3-1-2-5-23(18)6-4-19(26)24-8-14-7-15(9-24)13-30(28,12-14)22-21(27)20-16-10-29-11-17(16)20/h1-3,5,14-17,20H,4,6-13H2/t14?,15?,16-,17+,20?,30?. The molecule has 3 unspecified atom stereocenters. The van der Waals surface area contributed by atoms with Crippen LogP contribution in [0.1, 0.15) is 12.8 Å². The minimum Gasteiger partial charge on any atom is -0.381 e. The number of aryl methyl sites for hydroxylation is 1. The fraction of sp³-hybridized carbons (Fsp3) is 0.667. The first-order valence-corrected chi connectivity index (χ1v) is 12.5. The van der Waals surface area contributed by atoms with Gasteiger partial charge in [-0.15, -0.1) is 0 Å². The van der Waals surface area contributed by atoms with E-state index >= 15 is 0 Å². The molecule has 0 radical (unpaired) electrons. The number of carbonyl (C=O) groups is 2. The first-order chi connectivity index (χ1) is 14.4. The SMILES string of the molecule is O=C(N=S1(=O)CC2CC(CN(C(=O)CCn3ccccc3=O)C2)C1)C1[C@H]2COC[C@@H]12. The Kier molecular flexibility index (Phi) is 5.05. The van der Waals surface area contributed by atoms with E-state index in [1.807, 2.05) is 4.90 Å². The number of hydrogen-bond acceptors (Lipinski definition) is 5. The Morgan fingerprint density at radius 2 is 1.83 bits per heavy atom. The summed E-state index contributed by atoms with van der Waals surface area (Å²) in [5.41, 5.74) is -0.113. The van der Waals surface area contributed by atoms with Crippen LogP contribution in [0.4, 0.5) is 0 Å². The van der Waals surface area contributed by atoms with Crippen LogP contribution < -0.4 is 5.56 Å². The third-order valence-corrected chi connectivity index (χ3v) is 9.43. The summed E-state index contributed by atoms with van der Waals surface area (Å²) in [4.78, 5) is 38.9. The van der Waals surface area contributed by atoms with E-state index < -0.39 is 9.73 Å². The predicted molar refractivity (Wildman–Crippen MR) is 110 cm³/mol. The highest BCUT2D eigenvalue weighted by Crippen LogP contribution is 2.51. The molecule has 9 heteroatoms. The smallest absolute Gasteiger partial charge is 0.257 e. The average Bonchev–Trinajstić information content (AvgIpc) is 3.18. The molecule has 3 aliphatic heterocycles. The van der Waals surface area contributed by atoms with Crippen LogP contribution in [-0.2, 0) is 30.6 Å². The Morgan fingerprint density at radius 3 is 2.50 bits per heavy atom. The molecule has 162 valence electrons. The highest BCUT2D eigenvalue weighted by atomic mass is 32.2. The van der Waals surface area contributed by atoms with Crippen molar-refractivity contribution in [2.24, 2.45) is 34.0 Å². The molecule has 0 aromatic carbocycles. The summed E-state index contributed by atoms with van der Waals surface area (Å²) in [6, 6.07) is 4.95. The normalized spacial score (nSPS) is 36.8. The average molecular weight is 434 g/mol. The molecule has 2 amide bonds. The molecule has 1 saturated carbocycles. The van der Waals surface area contributed by atoms with Crippen LogP contribution >= 0.6 is 0 Å². The highest BCUT2D eigenvalue weighted by molar-refractivity contribution is 7.93. The molecular formula is C21H27N3O5S. The van der Waals surface area contributed by atoms with Gasteiger partial charge in [-0.1, -0.05) is 6.07 Å². The summed E-state index contributed by atoms with van der Waals surface area (Å²) < 4.78 is 24.5. The Labute approximate surface area is 175 Å². The number of likely N-dealkylation sites (tertiary alicyclic amines) is 1. The molecule has 1 aromatic rings. The molecule has 2 bridgehead atoms. The fourth-order valence-electron chi connectivity index (χ4n) is 5.49. The van der Waals surface area contributed by atoms with Crippen molar-refractivity contribution in [1.29, 1.82) is 0 Å². The van der Waals surface area contributed by atoms with Crippen LogP contribution in [0.25, 0.3) is 0 Å². The first-order valence-electron chi connectivity index (χ1n) is 10.7. The molecule has 0 N–H and O–H groups in total. The highest BCUT2D eigenvalue weighted by Gasteiger charge is 2.58. The number of aromatic nitrogens is 1. The van der Waals surface area contributed by atoms with Crippen LogP contribution in [0.3, 0.4) is 0 Å². The van der Waals surface area contributed by atoms with Gasteiger partial charge in [0, 0.05) is 61.7 Å². The minimum atomic E-state index is -2.54. The van der Waals surface area contributed by atoms with E-state index in [1.54, 1.807) is 18.3 Å². The molecule has 0 spiro atoms. The van der Waals surface area contributed by atoms with E-state index in [9.17, 15) is 18.6 Å². The van der Waals surface area contributed by atoms with Gasteiger partial charge in [-0.05, 0) is 24.3 Å². The largest absolute Gasteiger partial charge is 0.381 e. The van der Waals surface area contributed by atoms with E-state index in [2.05, 4.69) is 4.36 Å². The van der Waals surface area contributed by atoms with Gasteiger partial charge in [0.25, 0.3) is 11.5 Å². The van der Waals surface area contributed by atoms with Crippen LogP contribution in [0, 0.1) is 29.6 Å². The summed E-state index contributed by atoms with van der Waals surface area (Å²) >= 11 is 0. The van der Waals surface area contributed by atoms with Crippen molar-refractivity contribution in [2.45, 2.75) is 19.4 Å². The lowest BCUT2D eigenvalue weighted by molar-refractivity contribution is -0.134. The lowest BCUT2D eigenvalue weighted by Crippen LogP contribution is -2.51. The zero-order valence-corrected chi connectivity index (χ0v) is 17.7. The number of nitrogens with zero attached hydrogens (tertiary/aromatic N) is 3. The zero-order chi connectivity index (χ0) is 20.9. The Hall–Kier alpha value is -2.00. The monoisotopic (exact) mass is 433 g/mol. The van der Waals surface area contributed by atoms with Crippen LogP contribution in [-0.4, -0.2) is 63.3 Å². The van der Waals surface area contributed by atoms with Gasteiger partial charge >= 0.3 is 0 Å². The molecule has 5 rings (SSSR count). The molecular weight excluding hydrogens is 406 g/mol. The van der Waals surface area contributed by atoms with Crippen molar-refractivity contribution in [1.82, 2.24) is 9.47 Å². The Morgan fingerprint density at radius 1 is 1.13 bits per heavy atom. The van der Waals surface area contributed by atoms with Gasteiger partial charge in [-0.3, -0.25) is 14.4 Å². The topological polar surface area (TPSA) is 98.0 Å². The van der Waals surface area contributed by atoms with Crippen molar-refractivity contribution in [3.63, 3.8) is 0 Å². The van der Waals surface area contributed by atoms with Crippen molar-refractivity contribution < 1.29 is 18.5 Å². The van der Waals surface area contributed by atoms with Crippen molar-refractivity contribution in [3.8, 4) is 0 Å². The van der Waals surface area contributed by atoms with Crippen molar-refractivity contribution in [3.05, 3.63) is 34.7 Å². The van der Waals surface area contributed by atoms with E-state index in [1.165, 1.54) is 10.6 Å². The van der Waals surface area contributed by atoms with E-state index in [-0.39, 0.29) is 53.4 Å².